The number of aliphatic carboxylic acids is 1. The predicted molar refractivity (Wildman–Crippen MR) is 71.3 cm³/mol. The summed E-state index contributed by atoms with van der Waals surface area (Å²) >= 11 is 0. The van der Waals surface area contributed by atoms with E-state index in [4.69, 9.17) is 9.84 Å². The number of benzene rings is 1. The van der Waals surface area contributed by atoms with Crippen molar-refractivity contribution in [2.75, 3.05) is 25.1 Å². The van der Waals surface area contributed by atoms with E-state index in [2.05, 4.69) is 5.32 Å². The molecule has 6 nitrogen and oxygen atoms in total. The van der Waals surface area contributed by atoms with Gasteiger partial charge in [-0.2, -0.15) is 0 Å². The molecule has 0 fully saturated rings. The Morgan fingerprint density at radius 1 is 1.37 bits per heavy atom. The molecule has 1 aromatic rings. The normalized spacial score (nSPS) is 11.7. The molecule has 0 aliphatic carbocycles. The zero-order chi connectivity index (χ0) is 14.3. The quantitative estimate of drug-likeness (QED) is 0.814. The van der Waals surface area contributed by atoms with Gasteiger partial charge in [0, 0.05) is 19.3 Å². The summed E-state index contributed by atoms with van der Waals surface area (Å²) < 4.78 is 4.75. The molecule has 19 heavy (non-hydrogen) atoms. The highest BCUT2D eigenvalue weighted by molar-refractivity contribution is 5.92. The first-order valence-electron chi connectivity index (χ1n) is 5.96. The van der Waals surface area contributed by atoms with Crippen molar-refractivity contribution in [1.82, 2.24) is 5.32 Å². The second-order valence-electron chi connectivity index (χ2n) is 3.83. The van der Waals surface area contributed by atoms with Gasteiger partial charge in [0.15, 0.2) is 6.10 Å². The number of amides is 2. The lowest BCUT2D eigenvalue weighted by atomic mass is 10.3. The number of rotatable bonds is 6. The zero-order valence-corrected chi connectivity index (χ0v) is 11.0. The number of nitrogens with zero attached hydrogens (tertiary/aromatic N) is 1. The molecule has 0 aliphatic heterocycles. The Morgan fingerprint density at radius 3 is 2.47 bits per heavy atom. The number of anilines is 1. The second-order valence-corrected chi connectivity index (χ2v) is 3.83. The van der Waals surface area contributed by atoms with Crippen molar-refractivity contribution in [3.63, 3.8) is 0 Å². The number of hydrogen-bond acceptors (Lipinski definition) is 3. The number of ether oxygens (including phenoxy) is 1. The van der Waals surface area contributed by atoms with Gasteiger partial charge in [0.05, 0.1) is 6.54 Å². The van der Waals surface area contributed by atoms with Gasteiger partial charge in [0.25, 0.3) is 0 Å². The molecule has 0 heterocycles. The van der Waals surface area contributed by atoms with E-state index in [1.807, 2.05) is 37.3 Å². The van der Waals surface area contributed by atoms with Gasteiger partial charge in [-0.05, 0) is 19.1 Å². The standard InChI is InChI=1S/C13H18N2O4/c1-3-15(10-7-5-4-6-8-10)13(18)14-9-11(19-2)12(16)17/h4-8,11H,3,9H2,1-2H3,(H,14,18)(H,16,17). The molecule has 0 saturated heterocycles. The van der Waals surface area contributed by atoms with Crippen LogP contribution in [0.3, 0.4) is 0 Å². The molecule has 1 unspecified atom stereocenters. The summed E-state index contributed by atoms with van der Waals surface area (Å²) in [6.07, 6.45) is -1.04. The molecule has 6 heteroatoms. The lowest BCUT2D eigenvalue weighted by Crippen LogP contribution is -2.45. The highest BCUT2D eigenvalue weighted by Crippen LogP contribution is 2.12. The van der Waals surface area contributed by atoms with Crippen LogP contribution in [0.15, 0.2) is 30.3 Å². The van der Waals surface area contributed by atoms with Crippen LogP contribution in [0.2, 0.25) is 0 Å². The van der Waals surface area contributed by atoms with Crippen LogP contribution in [-0.4, -0.2) is 43.4 Å². The van der Waals surface area contributed by atoms with Gasteiger partial charge in [-0.25, -0.2) is 9.59 Å². The van der Waals surface area contributed by atoms with Crippen molar-refractivity contribution in [3.8, 4) is 0 Å². The van der Waals surface area contributed by atoms with Crippen molar-refractivity contribution < 1.29 is 19.4 Å². The van der Waals surface area contributed by atoms with Crippen LogP contribution < -0.4 is 10.2 Å². The van der Waals surface area contributed by atoms with E-state index in [9.17, 15) is 9.59 Å². The third-order valence-corrected chi connectivity index (χ3v) is 2.63. The molecule has 1 rings (SSSR count). The molecule has 0 radical (unpaired) electrons. The van der Waals surface area contributed by atoms with Crippen LogP contribution >= 0.6 is 0 Å². The molecule has 1 atom stereocenters. The summed E-state index contributed by atoms with van der Waals surface area (Å²) in [5.74, 6) is -1.11. The number of urea groups is 1. The minimum absolute atomic E-state index is 0.0754. The van der Waals surface area contributed by atoms with E-state index < -0.39 is 12.1 Å². The Labute approximate surface area is 112 Å². The topological polar surface area (TPSA) is 78.9 Å². The van der Waals surface area contributed by atoms with Gasteiger partial charge in [0.1, 0.15) is 0 Å². The first-order chi connectivity index (χ1) is 9.10. The number of carboxylic acids is 1. The van der Waals surface area contributed by atoms with Gasteiger partial charge >= 0.3 is 12.0 Å². The highest BCUT2D eigenvalue weighted by Gasteiger charge is 2.19. The Bertz CT molecular complexity index is 422. The molecule has 0 bridgehead atoms. The monoisotopic (exact) mass is 266 g/mol. The third-order valence-electron chi connectivity index (χ3n) is 2.63. The molecule has 104 valence electrons. The SMILES string of the molecule is CCN(C(=O)NCC(OC)C(=O)O)c1ccccc1. The van der Waals surface area contributed by atoms with Gasteiger partial charge in [0.2, 0.25) is 0 Å². The fourth-order valence-corrected chi connectivity index (χ4v) is 1.60. The molecule has 0 aromatic heterocycles. The summed E-state index contributed by atoms with van der Waals surface area (Å²) in [6.45, 7) is 2.26. The number of para-hydroxylation sites is 1. The Morgan fingerprint density at radius 2 is 2.00 bits per heavy atom. The zero-order valence-electron chi connectivity index (χ0n) is 11.0. The fourth-order valence-electron chi connectivity index (χ4n) is 1.60. The molecule has 0 saturated carbocycles. The smallest absolute Gasteiger partial charge is 0.334 e. The largest absolute Gasteiger partial charge is 0.479 e. The number of methoxy groups -OCH3 is 1. The number of carbonyl (C=O) groups is 2. The molecule has 2 N–H and O–H groups in total. The van der Waals surface area contributed by atoms with Crippen LogP contribution in [0.1, 0.15) is 6.92 Å². The average molecular weight is 266 g/mol. The van der Waals surface area contributed by atoms with Gasteiger partial charge < -0.3 is 15.2 Å². The van der Waals surface area contributed by atoms with Crippen LogP contribution in [0, 0.1) is 0 Å². The average Bonchev–Trinajstić information content (AvgIpc) is 2.41. The fraction of sp³-hybridized carbons (Fsp3) is 0.385. The van der Waals surface area contributed by atoms with E-state index in [0.717, 1.165) is 5.69 Å². The van der Waals surface area contributed by atoms with Crippen LogP contribution in [0.4, 0.5) is 10.5 Å². The highest BCUT2D eigenvalue weighted by atomic mass is 16.5. The summed E-state index contributed by atoms with van der Waals surface area (Å²) in [7, 11) is 1.29. The second kappa shape index (κ2) is 7.38. The molecule has 0 aliphatic rings. The van der Waals surface area contributed by atoms with E-state index in [1.165, 1.54) is 12.0 Å². The Hall–Kier alpha value is -2.08. The Balaban J connectivity index is 2.63. The van der Waals surface area contributed by atoms with Crippen molar-refractivity contribution in [2.45, 2.75) is 13.0 Å². The van der Waals surface area contributed by atoms with Gasteiger partial charge in [-0.15, -0.1) is 0 Å². The van der Waals surface area contributed by atoms with E-state index >= 15 is 0 Å². The summed E-state index contributed by atoms with van der Waals surface area (Å²) in [5, 5.41) is 11.4. The van der Waals surface area contributed by atoms with E-state index in [0.29, 0.717) is 6.54 Å². The van der Waals surface area contributed by atoms with E-state index in [1.54, 1.807) is 0 Å². The van der Waals surface area contributed by atoms with Gasteiger partial charge in [-0.1, -0.05) is 18.2 Å². The number of carbonyl (C=O) groups excluding carboxylic acids is 1. The maximum absolute atomic E-state index is 12.0. The molecular weight excluding hydrogens is 248 g/mol. The lowest BCUT2D eigenvalue weighted by Gasteiger charge is -2.22. The summed E-state index contributed by atoms with van der Waals surface area (Å²) in [4.78, 5) is 24.3. The molecule has 0 spiro atoms. The summed E-state index contributed by atoms with van der Waals surface area (Å²) in [5.41, 5.74) is 0.756. The summed E-state index contributed by atoms with van der Waals surface area (Å²) in [6, 6.07) is 8.81. The molecule has 1 aromatic carbocycles. The van der Waals surface area contributed by atoms with Crippen LogP contribution in [0.5, 0.6) is 0 Å². The van der Waals surface area contributed by atoms with Crippen molar-refractivity contribution in [2.24, 2.45) is 0 Å². The number of nitrogens with one attached hydrogen (secondary N) is 1. The van der Waals surface area contributed by atoms with Crippen molar-refractivity contribution in [1.29, 1.82) is 0 Å². The van der Waals surface area contributed by atoms with Crippen LogP contribution in [0.25, 0.3) is 0 Å². The Kier molecular flexibility index (Phi) is 5.81. The maximum Gasteiger partial charge on any atom is 0.334 e. The van der Waals surface area contributed by atoms with Gasteiger partial charge in [-0.3, -0.25) is 4.90 Å². The maximum atomic E-state index is 12.0. The van der Waals surface area contributed by atoms with Crippen molar-refractivity contribution in [3.05, 3.63) is 30.3 Å². The van der Waals surface area contributed by atoms with Crippen molar-refractivity contribution >= 4 is 17.7 Å². The third kappa shape index (κ3) is 4.26. The van der Waals surface area contributed by atoms with E-state index in [-0.39, 0.29) is 12.6 Å². The minimum Gasteiger partial charge on any atom is -0.479 e. The molecule has 2 amide bonds. The van der Waals surface area contributed by atoms with Crippen LogP contribution in [-0.2, 0) is 9.53 Å². The molecular formula is C13H18N2O4. The first kappa shape index (κ1) is 15.0. The minimum atomic E-state index is -1.11. The first-order valence-corrected chi connectivity index (χ1v) is 5.96. The number of carboxylic acid groups (broad SMARTS) is 1. The lowest BCUT2D eigenvalue weighted by molar-refractivity contribution is -0.147. The number of hydrogen-bond donors (Lipinski definition) is 2. The predicted octanol–water partition coefficient (Wildman–Crippen LogP) is 1.32.